The van der Waals surface area contributed by atoms with Gasteiger partial charge in [-0.25, -0.2) is 0 Å². The van der Waals surface area contributed by atoms with Crippen LogP contribution in [-0.2, 0) is 0 Å². The minimum Gasteiger partial charge on any atom is -0.0654 e. The van der Waals surface area contributed by atoms with E-state index in [2.05, 4.69) is 34.6 Å². The Morgan fingerprint density at radius 1 is 1.42 bits per heavy atom. The Morgan fingerprint density at radius 3 is 2.25 bits per heavy atom. The van der Waals surface area contributed by atoms with Crippen LogP contribution >= 0.6 is 0 Å². The second kappa shape index (κ2) is 3.40. The van der Waals surface area contributed by atoms with Crippen molar-refractivity contribution in [1.29, 1.82) is 0 Å². The predicted octanol–water partition coefficient (Wildman–Crippen LogP) is 4.10. The van der Waals surface area contributed by atoms with E-state index in [0.717, 1.165) is 17.8 Å². The molecule has 3 atom stereocenters. The summed E-state index contributed by atoms with van der Waals surface area (Å²) in [5, 5.41) is 0. The smallest absolute Gasteiger partial charge is 0.0326 e. The van der Waals surface area contributed by atoms with Crippen molar-refractivity contribution in [3.63, 3.8) is 0 Å². The highest BCUT2D eigenvalue weighted by molar-refractivity contribution is 4.92. The number of rotatable bonds is 4. The SMILES string of the molecule is CCCC(C)(C)C(C)C1CC1C. The van der Waals surface area contributed by atoms with Crippen molar-refractivity contribution in [1.82, 2.24) is 0 Å². The van der Waals surface area contributed by atoms with Crippen molar-refractivity contribution >= 4 is 0 Å². The molecule has 12 heavy (non-hydrogen) atoms. The summed E-state index contributed by atoms with van der Waals surface area (Å²) in [6, 6.07) is 0. The molecule has 0 aliphatic heterocycles. The Kier molecular flexibility index (Phi) is 2.85. The standard InChI is InChI=1S/C12H24/c1-6-7-12(4,5)10(3)11-8-9(11)2/h9-11H,6-8H2,1-5H3. The van der Waals surface area contributed by atoms with Gasteiger partial charge < -0.3 is 0 Å². The lowest BCUT2D eigenvalue weighted by Gasteiger charge is -2.32. The van der Waals surface area contributed by atoms with Gasteiger partial charge in [0, 0.05) is 0 Å². The Morgan fingerprint density at radius 2 is 1.92 bits per heavy atom. The van der Waals surface area contributed by atoms with Gasteiger partial charge in [0.2, 0.25) is 0 Å². The zero-order valence-electron chi connectivity index (χ0n) is 9.35. The van der Waals surface area contributed by atoms with Crippen LogP contribution in [0.3, 0.4) is 0 Å². The van der Waals surface area contributed by atoms with E-state index >= 15 is 0 Å². The summed E-state index contributed by atoms with van der Waals surface area (Å²) in [6.45, 7) is 12.0. The van der Waals surface area contributed by atoms with Gasteiger partial charge in [-0.05, 0) is 36.0 Å². The van der Waals surface area contributed by atoms with E-state index < -0.39 is 0 Å². The molecule has 0 saturated heterocycles. The Labute approximate surface area is 77.7 Å². The first-order chi connectivity index (χ1) is 5.49. The first-order valence-corrected chi connectivity index (χ1v) is 5.49. The predicted molar refractivity (Wildman–Crippen MR) is 55.1 cm³/mol. The summed E-state index contributed by atoms with van der Waals surface area (Å²) in [7, 11) is 0. The molecule has 0 aromatic rings. The maximum Gasteiger partial charge on any atom is -0.0326 e. The van der Waals surface area contributed by atoms with E-state index in [0.29, 0.717) is 5.41 Å². The van der Waals surface area contributed by atoms with E-state index in [1.807, 2.05) is 0 Å². The van der Waals surface area contributed by atoms with Gasteiger partial charge in [0.15, 0.2) is 0 Å². The van der Waals surface area contributed by atoms with E-state index in [4.69, 9.17) is 0 Å². The van der Waals surface area contributed by atoms with Crippen molar-refractivity contribution in [2.75, 3.05) is 0 Å². The van der Waals surface area contributed by atoms with Gasteiger partial charge in [0.1, 0.15) is 0 Å². The quantitative estimate of drug-likeness (QED) is 0.592. The molecular weight excluding hydrogens is 144 g/mol. The van der Waals surface area contributed by atoms with Crippen molar-refractivity contribution in [3.8, 4) is 0 Å². The minimum absolute atomic E-state index is 0.574. The highest BCUT2D eigenvalue weighted by Crippen LogP contribution is 2.51. The fourth-order valence-corrected chi connectivity index (χ4v) is 2.50. The van der Waals surface area contributed by atoms with Crippen LogP contribution in [-0.4, -0.2) is 0 Å². The van der Waals surface area contributed by atoms with Crippen LogP contribution in [0.4, 0.5) is 0 Å². The maximum absolute atomic E-state index is 2.45. The van der Waals surface area contributed by atoms with Gasteiger partial charge in [-0.15, -0.1) is 0 Å². The summed E-state index contributed by atoms with van der Waals surface area (Å²) in [5.74, 6) is 2.97. The van der Waals surface area contributed by atoms with Gasteiger partial charge in [-0.1, -0.05) is 41.0 Å². The van der Waals surface area contributed by atoms with Crippen LogP contribution in [0, 0.1) is 23.2 Å². The summed E-state index contributed by atoms with van der Waals surface area (Å²) in [4.78, 5) is 0. The van der Waals surface area contributed by atoms with Gasteiger partial charge in [0.05, 0.1) is 0 Å². The lowest BCUT2D eigenvalue weighted by Crippen LogP contribution is -2.23. The number of hydrogen-bond acceptors (Lipinski definition) is 0. The fourth-order valence-electron chi connectivity index (χ4n) is 2.50. The maximum atomic E-state index is 2.45. The largest absolute Gasteiger partial charge is 0.0654 e. The highest BCUT2D eigenvalue weighted by atomic mass is 14.5. The van der Waals surface area contributed by atoms with Gasteiger partial charge in [-0.2, -0.15) is 0 Å². The van der Waals surface area contributed by atoms with Crippen LogP contribution in [0.1, 0.15) is 53.9 Å². The normalized spacial score (nSPS) is 31.8. The van der Waals surface area contributed by atoms with Crippen LogP contribution < -0.4 is 0 Å². The van der Waals surface area contributed by atoms with Crippen LogP contribution in [0.25, 0.3) is 0 Å². The van der Waals surface area contributed by atoms with Crippen LogP contribution in [0.5, 0.6) is 0 Å². The van der Waals surface area contributed by atoms with Gasteiger partial charge >= 0.3 is 0 Å². The van der Waals surface area contributed by atoms with E-state index in [1.54, 1.807) is 0 Å². The Balaban J connectivity index is 2.44. The van der Waals surface area contributed by atoms with Crippen LogP contribution in [0.15, 0.2) is 0 Å². The molecule has 0 spiro atoms. The molecule has 0 aromatic carbocycles. The topological polar surface area (TPSA) is 0 Å². The molecule has 1 rings (SSSR count). The second-order valence-electron chi connectivity index (χ2n) is 5.40. The van der Waals surface area contributed by atoms with E-state index in [9.17, 15) is 0 Å². The average Bonchev–Trinajstić information content (AvgIpc) is 2.65. The summed E-state index contributed by atoms with van der Waals surface area (Å²) < 4.78 is 0. The van der Waals surface area contributed by atoms with Gasteiger partial charge in [0.25, 0.3) is 0 Å². The molecule has 1 aliphatic carbocycles. The first kappa shape index (κ1) is 10.1. The average molecular weight is 168 g/mol. The molecule has 0 bridgehead atoms. The van der Waals surface area contributed by atoms with Crippen molar-refractivity contribution in [2.24, 2.45) is 23.2 Å². The van der Waals surface area contributed by atoms with Gasteiger partial charge in [-0.3, -0.25) is 0 Å². The zero-order valence-corrected chi connectivity index (χ0v) is 9.35. The molecule has 1 aliphatic rings. The first-order valence-electron chi connectivity index (χ1n) is 5.49. The molecule has 1 saturated carbocycles. The zero-order chi connectivity index (χ0) is 9.35. The molecule has 0 amide bonds. The van der Waals surface area contributed by atoms with Crippen molar-refractivity contribution in [2.45, 2.75) is 53.9 Å². The highest BCUT2D eigenvalue weighted by Gasteiger charge is 2.42. The molecule has 72 valence electrons. The summed E-state index contributed by atoms with van der Waals surface area (Å²) >= 11 is 0. The summed E-state index contributed by atoms with van der Waals surface area (Å²) in [5.41, 5.74) is 0.574. The third kappa shape index (κ3) is 2.02. The third-order valence-corrected chi connectivity index (χ3v) is 3.94. The van der Waals surface area contributed by atoms with E-state index in [-0.39, 0.29) is 0 Å². The van der Waals surface area contributed by atoms with Crippen molar-refractivity contribution < 1.29 is 0 Å². The summed E-state index contributed by atoms with van der Waals surface area (Å²) in [6.07, 6.45) is 4.20. The Hall–Kier alpha value is 0. The lowest BCUT2D eigenvalue weighted by molar-refractivity contribution is 0.180. The fraction of sp³-hybridized carbons (Fsp3) is 1.00. The van der Waals surface area contributed by atoms with Crippen LogP contribution in [0.2, 0.25) is 0 Å². The minimum atomic E-state index is 0.574. The molecule has 0 radical (unpaired) electrons. The molecular formula is C12H24. The Bertz CT molecular complexity index is 146. The molecule has 0 heterocycles. The van der Waals surface area contributed by atoms with Crippen molar-refractivity contribution in [3.05, 3.63) is 0 Å². The molecule has 3 unspecified atom stereocenters. The lowest BCUT2D eigenvalue weighted by atomic mass is 9.74. The number of hydrogen-bond donors (Lipinski definition) is 0. The second-order valence-corrected chi connectivity index (χ2v) is 5.40. The molecule has 0 N–H and O–H groups in total. The van der Waals surface area contributed by atoms with E-state index in [1.165, 1.54) is 19.3 Å². The molecule has 0 aromatic heterocycles. The molecule has 0 heteroatoms. The third-order valence-electron chi connectivity index (χ3n) is 3.94. The molecule has 1 fully saturated rings. The monoisotopic (exact) mass is 168 g/mol. The molecule has 0 nitrogen and oxygen atoms in total.